The maximum atomic E-state index is 3.92. The van der Waals surface area contributed by atoms with E-state index in [2.05, 4.69) is 61.8 Å². The van der Waals surface area contributed by atoms with Gasteiger partial charge in [-0.2, -0.15) is 0 Å². The molecule has 3 unspecified atom stereocenters. The maximum Gasteiger partial charge on any atom is 0.0177 e. The van der Waals surface area contributed by atoms with E-state index in [1.54, 1.807) is 0 Å². The van der Waals surface area contributed by atoms with Crippen LogP contribution in [-0.2, 0) is 6.42 Å². The van der Waals surface area contributed by atoms with Crippen molar-refractivity contribution in [2.75, 3.05) is 0 Å². The molecule has 1 heteroatoms. The first-order valence-electron chi connectivity index (χ1n) is 7.67. The van der Waals surface area contributed by atoms with E-state index < -0.39 is 0 Å². The second-order valence-electron chi connectivity index (χ2n) is 6.72. The van der Waals surface area contributed by atoms with Crippen molar-refractivity contribution in [3.63, 3.8) is 0 Å². The van der Waals surface area contributed by atoms with E-state index in [1.807, 2.05) is 0 Å². The molecule has 1 fully saturated rings. The summed E-state index contributed by atoms with van der Waals surface area (Å²) in [5.74, 6) is 2.57. The van der Waals surface area contributed by atoms with Crippen molar-refractivity contribution in [2.45, 2.75) is 58.2 Å². The van der Waals surface area contributed by atoms with Gasteiger partial charge in [-0.3, -0.25) is 0 Å². The Morgan fingerprint density at radius 1 is 1.16 bits per heavy atom. The van der Waals surface area contributed by atoms with Crippen LogP contribution >= 0.6 is 15.9 Å². The molecule has 19 heavy (non-hydrogen) atoms. The van der Waals surface area contributed by atoms with Gasteiger partial charge in [0, 0.05) is 4.83 Å². The van der Waals surface area contributed by atoms with Crippen molar-refractivity contribution in [2.24, 2.45) is 17.8 Å². The first-order valence-corrected chi connectivity index (χ1v) is 8.59. The van der Waals surface area contributed by atoms with E-state index >= 15 is 0 Å². The lowest BCUT2D eigenvalue weighted by molar-refractivity contribution is 0.223. The topological polar surface area (TPSA) is 0 Å². The Kier molecular flexibility index (Phi) is 5.11. The van der Waals surface area contributed by atoms with Gasteiger partial charge in [0.15, 0.2) is 0 Å². The van der Waals surface area contributed by atoms with Crippen molar-refractivity contribution in [1.82, 2.24) is 0 Å². The number of aryl methyl sites for hydroxylation is 2. The summed E-state index contributed by atoms with van der Waals surface area (Å²) in [6, 6.07) is 6.98. The highest BCUT2D eigenvalue weighted by atomic mass is 79.9. The van der Waals surface area contributed by atoms with Crippen LogP contribution < -0.4 is 0 Å². The summed E-state index contributed by atoms with van der Waals surface area (Å²) in [6.07, 6.45) is 5.37. The molecule has 0 bridgehead atoms. The fourth-order valence-electron chi connectivity index (χ4n) is 3.31. The number of alkyl halides is 1. The Hall–Kier alpha value is -0.300. The molecule has 0 spiro atoms. The van der Waals surface area contributed by atoms with E-state index in [4.69, 9.17) is 0 Å². The Morgan fingerprint density at radius 3 is 2.53 bits per heavy atom. The van der Waals surface area contributed by atoms with Gasteiger partial charge in [0.1, 0.15) is 0 Å². The molecule has 1 aliphatic carbocycles. The standard InChI is InChI=1S/C18H27Br/c1-12(2)16-7-8-18(19)17(11-16)10-15-6-5-13(3)14(4)9-15/h5-6,9,12,16-18H,7-8,10-11H2,1-4H3. The van der Waals surface area contributed by atoms with Crippen LogP contribution in [-0.4, -0.2) is 4.83 Å². The van der Waals surface area contributed by atoms with Gasteiger partial charge >= 0.3 is 0 Å². The molecule has 3 atom stereocenters. The second-order valence-corrected chi connectivity index (χ2v) is 7.89. The van der Waals surface area contributed by atoms with Gasteiger partial charge in [-0.15, -0.1) is 0 Å². The van der Waals surface area contributed by atoms with Crippen LogP contribution in [0.1, 0.15) is 49.8 Å². The van der Waals surface area contributed by atoms with E-state index in [1.165, 1.54) is 42.4 Å². The summed E-state index contributed by atoms with van der Waals surface area (Å²) >= 11 is 3.92. The third-order valence-electron chi connectivity index (χ3n) is 4.94. The predicted molar refractivity (Wildman–Crippen MR) is 88.0 cm³/mol. The molecule has 106 valence electrons. The lowest BCUT2D eigenvalue weighted by atomic mass is 9.74. The van der Waals surface area contributed by atoms with Crippen LogP contribution in [0.25, 0.3) is 0 Å². The number of halogens is 1. The van der Waals surface area contributed by atoms with E-state index in [-0.39, 0.29) is 0 Å². The lowest BCUT2D eigenvalue weighted by Gasteiger charge is -2.35. The highest BCUT2D eigenvalue weighted by molar-refractivity contribution is 9.09. The molecule has 0 radical (unpaired) electrons. The van der Waals surface area contributed by atoms with Gasteiger partial charge in [-0.25, -0.2) is 0 Å². The monoisotopic (exact) mass is 322 g/mol. The summed E-state index contributed by atoms with van der Waals surface area (Å²) in [7, 11) is 0. The van der Waals surface area contributed by atoms with Gasteiger partial charge in [0.2, 0.25) is 0 Å². The molecular formula is C18H27Br. The van der Waals surface area contributed by atoms with E-state index in [9.17, 15) is 0 Å². The molecular weight excluding hydrogens is 296 g/mol. The average molecular weight is 323 g/mol. The zero-order valence-corrected chi connectivity index (χ0v) is 14.3. The van der Waals surface area contributed by atoms with Crippen molar-refractivity contribution in [3.05, 3.63) is 34.9 Å². The lowest BCUT2D eigenvalue weighted by Crippen LogP contribution is -2.29. The maximum absolute atomic E-state index is 3.92. The second kappa shape index (κ2) is 6.43. The van der Waals surface area contributed by atoms with Crippen LogP contribution in [0.15, 0.2) is 18.2 Å². The van der Waals surface area contributed by atoms with Gasteiger partial charge in [-0.1, -0.05) is 48.0 Å². The minimum atomic E-state index is 0.712. The third-order valence-corrected chi connectivity index (χ3v) is 6.15. The summed E-state index contributed by atoms with van der Waals surface area (Å²) in [6.45, 7) is 9.18. The Bertz CT molecular complexity index is 422. The van der Waals surface area contributed by atoms with Crippen LogP contribution in [0.5, 0.6) is 0 Å². The Balaban J connectivity index is 2.05. The summed E-state index contributed by atoms with van der Waals surface area (Å²) in [5, 5.41) is 0. The summed E-state index contributed by atoms with van der Waals surface area (Å²) in [4.78, 5) is 0.712. The zero-order chi connectivity index (χ0) is 14.0. The molecule has 0 amide bonds. The smallest absolute Gasteiger partial charge is 0.0177 e. The van der Waals surface area contributed by atoms with Crippen molar-refractivity contribution < 1.29 is 0 Å². The van der Waals surface area contributed by atoms with Crippen LogP contribution in [0.2, 0.25) is 0 Å². The van der Waals surface area contributed by atoms with Crippen molar-refractivity contribution in [1.29, 1.82) is 0 Å². The predicted octanol–water partition coefficient (Wildman–Crippen LogP) is 5.68. The molecule has 0 aromatic heterocycles. The van der Waals surface area contributed by atoms with Crippen LogP contribution in [0.4, 0.5) is 0 Å². The van der Waals surface area contributed by atoms with Gasteiger partial charge in [-0.05, 0) is 74.0 Å². The summed E-state index contributed by atoms with van der Waals surface area (Å²) in [5.41, 5.74) is 4.35. The molecule has 1 aromatic carbocycles. The largest absolute Gasteiger partial charge is 0.0888 e. The minimum Gasteiger partial charge on any atom is -0.0888 e. The Morgan fingerprint density at radius 2 is 1.89 bits per heavy atom. The number of benzene rings is 1. The average Bonchev–Trinajstić information content (AvgIpc) is 2.36. The molecule has 0 N–H and O–H groups in total. The normalized spacial score (nSPS) is 27.8. The number of hydrogen-bond acceptors (Lipinski definition) is 0. The zero-order valence-electron chi connectivity index (χ0n) is 12.7. The highest BCUT2D eigenvalue weighted by Crippen LogP contribution is 2.39. The summed E-state index contributed by atoms with van der Waals surface area (Å²) < 4.78 is 0. The van der Waals surface area contributed by atoms with Crippen LogP contribution in [0, 0.1) is 31.6 Å². The van der Waals surface area contributed by atoms with E-state index in [0.29, 0.717) is 4.83 Å². The van der Waals surface area contributed by atoms with Crippen LogP contribution in [0.3, 0.4) is 0 Å². The molecule has 2 rings (SSSR count). The van der Waals surface area contributed by atoms with Gasteiger partial charge in [0.25, 0.3) is 0 Å². The molecule has 1 aliphatic rings. The molecule has 1 saturated carbocycles. The first kappa shape index (κ1) is 15.1. The number of rotatable bonds is 3. The molecule has 0 heterocycles. The minimum absolute atomic E-state index is 0.712. The number of hydrogen-bond donors (Lipinski definition) is 0. The first-order chi connectivity index (χ1) is 8.97. The van der Waals surface area contributed by atoms with Crippen molar-refractivity contribution in [3.8, 4) is 0 Å². The van der Waals surface area contributed by atoms with E-state index in [0.717, 1.165) is 17.8 Å². The fourth-order valence-corrected chi connectivity index (χ4v) is 3.98. The fraction of sp³-hybridized carbons (Fsp3) is 0.667. The highest BCUT2D eigenvalue weighted by Gasteiger charge is 2.30. The quantitative estimate of drug-likeness (QED) is 0.628. The SMILES string of the molecule is Cc1ccc(CC2CC(C(C)C)CCC2Br)cc1C. The third kappa shape index (κ3) is 3.84. The van der Waals surface area contributed by atoms with Gasteiger partial charge in [0.05, 0.1) is 0 Å². The molecule has 0 nitrogen and oxygen atoms in total. The molecule has 1 aromatic rings. The van der Waals surface area contributed by atoms with Crippen molar-refractivity contribution >= 4 is 15.9 Å². The molecule has 0 aliphatic heterocycles. The van der Waals surface area contributed by atoms with Gasteiger partial charge < -0.3 is 0 Å². The molecule has 0 saturated heterocycles. The Labute approximate surface area is 127 Å².